The number of rotatable bonds is 3. The molecule has 0 aromatic heterocycles. The van der Waals surface area contributed by atoms with Gasteiger partial charge in [0, 0.05) is 9.26 Å². The lowest BCUT2D eigenvalue weighted by Crippen LogP contribution is -2.06. The van der Waals surface area contributed by atoms with E-state index in [4.69, 9.17) is 22.1 Å². The van der Waals surface area contributed by atoms with Crippen molar-refractivity contribution >= 4 is 45.8 Å². The number of halogens is 2. The molecule has 0 saturated carbocycles. The number of benzene rings is 2. The highest BCUT2D eigenvalue weighted by Gasteiger charge is 2.12. The Kier molecular flexibility index (Phi) is 4.66. The van der Waals surface area contributed by atoms with Crippen LogP contribution < -0.4 is 5.73 Å². The lowest BCUT2D eigenvalue weighted by molar-refractivity contribution is 0.0473. The summed E-state index contributed by atoms with van der Waals surface area (Å²) >= 11 is 8.16. The fourth-order valence-electron chi connectivity index (χ4n) is 1.50. The minimum absolute atomic E-state index is 0.219. The Labute approximate surface area is 129 Å². The average molecular weight is 388 g/mol. The second-order valence-electron chi connectivity index (χ2n) is 3.94. The first-order chi connectivity index (χ1) is 9.06. The molecular weight excluding hydrogens is 377 g/mol. The average Bonchev–Trinajstić information content (AvgIpc) is 2.37. The maximum atomic E-state index is 11.9. The molecule has 2 aromatic carbocycles. The Morgan fingerprint density at radius 2 is 1.89 bits per heavy atom. The summed E-state index contributed by atoms with van der Waals surface area (Å²) in [4.78, 5) is 11.9. The molecule has 2 rings (SSSR count). The van der Waals surface area contributed by atoms with Crippen LogP contribution in [0.25, 0.3) is 0 Å². The maximum Gasteiger partial charge on any atom is 0.339 e. The molecule has 3 nitrogen and oxygen atoms in total. The molecule has 0 radical (unpaired) electrons. The first-order valence-electron chi connectivity index (χ1n) is 5.53. The molecule has 0 heterocycles. The molecule has 19 heavy (non-hydrogen) atoms. The number of esters is 1. The highest BCUT2D eigenvalue weighted by Crippen LogP contribution is 2.20. The van der Waals surface area contributed by atoms with Gasteiger partial charge in [0.25, 0.3) is 0 Å². The number of carbonyl (C=O) groups is 1. The normalized spacial score (nSPS) is 10.2. The van der Waals surface area contributed by atoms with E-state index in [1.807, 2.05) is 24.3 Å². The standard InChI is InChI=1S/C14H11ClINO2/c15-13-7-11(17)5-6-12(13)14(18)19-8-9-1-3-10(16)4-2-9/h1-7H,8,17H2. The molecule has 0 aliphatic carbocycles. The predicted molar refractivity (Wildman–Crippen MR) is 84.1 cm³/mol. The molecule has 0 amide bonds. The lowest BCUT2D eigenvalue weighted by atomic mass is 10.2. The van der Waals surface area contributed by atoms with Gasteiger partial charge in [0.05, 0.1) is 10.6 Å². The zero-order chi connectivity index (χ0) is 13.8. The Balaban J connectivity index is 2.03. The zero-order valence-corrected chi connectivity index (χ0v) is 12.8. The van der Waals surface area contributed by atoms with Gasteiger partial charge in [-0.1, -0.05) is 23.7 Å². The summed E-state index contributed by atoms with van der Waals surface area (Å²) in [5.41, 5.74) is 7.33. The monoisotopic (exact) mass is 387 g/mol. The summed E-state index contributed by atoms with van der Waals surface area (Å²) in [5.74, 6) is -0.455. The summed E-state index contributed by atoms with van der Waals surface area (Å²) in [7, 11) is 0. The largest absolute Gasteiger partial charge is 0.457 e. The van der Waals surface area contributed by atoms with Gasteiger partial charge in [-0.25, -0.2) is 4.79 Å². The van der Waals surface area contributed by atoms with E-state index in [2.05, 4.69) is 22.6 Å². The van der Waals surface area contributed by atoms with E-state index in [-0.39, 0.29) is 6.61 Å². The van der Waals surface area contributed by atoms with Gasteiger partial charge in [-0.2, -0.15) is 0 Å². The Morgan fingerprint density at radius 1 is 1.21 bits per heavy atom. The smallest absolute Gasteiger partial charge is 0.339 e. The molecule has 0 spiro atoms. The number of anilines is 1. The van der Waals surface area contributed by atoms with Crippen LogP contribution in [0.2, 0.25) is 5.02 Å². The zero-order valence-electron chi connectivity index (χ0n) is 9.90. The van der Waals surface area contributed by atoms with Crippen molar-refractivity contribution in [3.8, 4) is 0 Å². The third-order valence-electron chi connectivity index (χ3n) is 2.50. The molecule has 0 aliphatic rings. The highest BCUT2D eigenvalue weighted by molar-refractivity contribution is 14.1. The molecule has 0 fully saturated rings. The fraction of sp³-hybridized carbons (Fsp3) is 0.0714. The first kappa shape index (κ1) is 14.1. The Hall–Kier alpha value is -1.27. The number of hydrogen-bond acceptors (Lipinski definition) is 3. The van der Waals surface area contributed by atoms with Crippen molar-refractivity contribution in [2.24, 2.45) is 0 Å². The molecule has 0 aliphatic heterocycles. The first-order valence-corrected chi connectivity index (χ1v) is 6.98. The summed E-state index contributed by atoms with van der Waals surface area (Å²) in [6.45, 7) is 0.219. The number of nitrogen functional groups attached to an aromatic ring is 1. The van der Waals surface area contributed by atoms with Crippen LogP contribution in [-0.2, 0) is 11.3 Å². The van der Waals surface area contributed by atoms with Crippen LogP contribution in [0, 0.1) is 3.57 Å². The van der Waals surface area contributed by atoms with Crippen LogP contribution in [0.1, 0.15) is 15.9 Å². The van der Waals surface area contributed by atoms with Crippen molar-refractivity contribution in [2.45, 2.75) is 6.61 Å². The van der Waals surface area contributed by atoms with Gasteiger partial charge < -0.3 is 10.5 Å². The second-order valence-corrected chi connectivity index (χ2v) is 5.59. The van der Waals surface area contributed by atoms with E-state index >= 15 is 0 Å². The topological polar surface area (TPSA) is 52.3 Å². The van der Waals surface area contributed by atoms with E-state index in [1.165, 1.54) is 6.07 Å². The van der Waals surface area contributed by atoms with E-state index in [0.29, 0.717) is 16.3 Å². The fourth-order valence-corrected chi connectivity index (χ4v) is 2.13. The van der Waals surface area contributed by atoms with Crippen molar-refractivity contribution in [2.75, 3.05) is 5.73 Å². The van der Waals surface area contributed by atoms with Gasteiger partial charge in [-0.05, 0) is 58.5 Å². The lowest BCUT2D eigenvalue weighted by Gasteiger charge is -2.07. The molecule has 0 unspecified atom stereocenters. The van der Waals surface area contributed by atoms with E-state index in [0.717, 1.165) is 9.13 Å². The van der Waals surface area contributed by atoms with Crippen molar-refractivity contribution in [3.05, 3.63) is 62.2 Å². The van der Waals surface area contributed by atoms with Crippen molar-refractivity contribution in [1.29, 1.82) is 0 Å². The predicted octanol–water partition coefficient (Wildman–Crippen LogP) is 3.88. The van der Waals surface area contributed by atoms with Crippen molar-refractivity contribution in [1.82, 2.24) is 0 Å². The van der Waals surface area contributed by atoms with Gasteiger partial charge in [0.2, 0.25) is 0 Å². The Morgan fingerprint density at radius 3 is 2.53 bits per heavy atom. The summed E-state index contributed by atoms with van der Waals surface area (Å²) in [6, 6.07) is 12.5. The summed E-state index contributed by atoms with van der Waals surface area (Å²) in [5, 5.41) is 0.299. The minimum Gasteiger partial charge on any atom is -0.457 e. The number of hydrogen-bond donors (Lipinski definition) is 1. The number of ether oxygens (including phenoxy) is 1. The van der Waals surface area contributed by atoms with Crippen LogP contribution in [-0.4, -0.2) is 5.97 Å². The molecule has 0 bridgehead atoms. The maximum absolute atomic E-state index is 11.9. The van der Waals surface area contributed by atoms with Crippen LogP contribution in [0.15, 0.2) is 42.5 Å². The van der Waals surface area contributed by atoms with E-state index in [9.17, 15) is 4.79 Å². The molecule has 0 atom stereocenters. The second kappa shape index (κ2) is 6.25. The van der Waals surface area contributed by atoms with Crippen LogP contribution in [0.4, 0.5) is 5.69 Å². The van der Waals surface area contributed by atoms with Crippen LogP contribution >= 0.6 is 34.2 Å². The third-order valence-corrected chi connectivity index (χ3v) is 3.53. The van der Waals surface area contributed by atoms with Gasteiger partial charge in [0.1, 0.15) is 6.61 Å². The SMILES string of the molecule is Nc1ccc(C(=O)OCc2ccc(I)cc2)c(Cl)c1. The van der Waals surface area contributed by atoms with Gasteiger partial charge in [-0.15, -0.1) is 0 Å². The van der Waals surface area contributed by atoms with Gasteiger partial charge in [0.15, 0.2) is 0 Å². The van der Waals surface area contributed by atoms with Crippen LogP contribution in [0.3, 0.4) is 0 Å². The van der Waals surface area contributed by atoms with Crippen molar-refractivity contribution in [3.63, 3.8) is 0 Å². The number of carbonyl (C=O) groups excluding carboxylic acids is 1. The van der Waals surface area contributed by atoms with Crippen molar-refractivity contribution < 1.29 is 9.53 Å². The third kappa shape index (κ3) is 3.84. The highest BCUT2D eigenvalue weighted by atomic mass is 127. The van der Waals surface area contributed by atoms with E-state index < -0.39 is 5.97 Å². The molecular formula is C14H11ClINO2. The van der Waals surface area contributed by atoms with Crippen LogP contribution in [0.5, 0.6) is 0 Å². The molecule has 2 aromatic rings. The van der Waals surface area contributed by atoms with Gasteiger partial charge >= 0.3 is 5.97 Å². The Bertz CT molecular complexity index is 599. The molecule has 2 N–H and O–H groups in total. The minimum atomic E-state index is -0.455. The molecule has 98 valence electrons. The summed E-state index contributed by atoms with van der Waals surface area (Å²) in [6.07, 6.45) is 0. The molecule has 5 heteroatoms. The quantitative estimate of drug-likeness (QED) is 0.494. The number of nitrogens with two attached hydrogens (primary N) is 1. The van der Waals surface area contributed by atoms with E-state index in [1.54, 1.807) is 12.1 Å². The molecule has 0 saturated heterocycles. The summed E-state index contributed by atoms with van der Waals surface area (Å²) < 4.78 is 6.34. The van der Waals surface area contributed by atoms with Gasteiger partial charge in [-0.3, -0.25) is 0 Å².